The molecule has 0 saturated carbocycles. The topological polar surface area (TPSA) is 29.3 Å². The molecule has 1 heterocycles. The summed E-state index contributed by atoms with van der Waals surface area (Å²) in [5.41, 5.74) is 8.89. The normalized spacial score (nSPS) is 25.2. The molecule has 2 N–H and O–H groups in total. The van der Waals surface area contributed by atoms with E-state index in [2.05, 4.69) is 43.0 Å². The van der Waals surface area contributed by atoms with Crippen LogP contribution in [0.5, 0.6) is 0 Å². The Morgan fingerprint density at radius 3 is 2.84 bits per heavy atom. The number of hydrogen-bond donors (Lipinski definition) is 1. The smallest absolute Gasteiger partial charge is 0.0388 e. The first kappa shape index (κ1) is 14.5. The quantitative estimate of drug-likeness (QED) is 0.897. The zero-order valence-corrected chi connectivity index (χ0v) is 12.4. The van der Waals surface area contributed by atoms with Crippen LogP contribution in [-0.4, -0.2) is 24.5 Å². The van der Waals surface area contributed by atoms with Gasteiger partial charge in [0, 0.05) is 6.04 Å². The fourth-order valence-corrected chi connectivity index (χ4v) is 3.44. The SMILES string of the molecule is CCCN1CCCCC(CN)C1c1cccc(C)c1. The predicted octanol–water partition coefficient (Wildman–Crippen LogP) is 3.51. The molecule has 19 heavy (non-hydrogen) atoms. The minimum atomic E-state index is 0.521. The van der Waals surface area contributed by atoms with Crippen molar-refractivity contribution in [3.63, 3.8) is 0 Å². The lowest BCUT2D eigenvalue weighted by atomic mass is 9.88. The molecule has 1 aliphatic rings. The van der Waals surface area contributed by atoms with Crippen LogP contribution in [0.2, 0.25) is 0 Å². The third-order valence-electron chi connectivity index (χ3n) is 4.31. The van der Waals surface area contributed by atoms with Crippen LogP contribution in [0.15, 0.2) is 24.3 Å². The van der Waals surface area contributed by atoms with E-state index in [1.807, 2.05) is 0 Å². The maximum Gasteiger partial charge on any atom is 0.0388 e. The number of hydrogen-bond acceptors (Lipinski definition) is 2. The first-order chi connectivity index (χ1) is 9.26. The molecule has 0 aromatic heterocycles. The Bertz CT molecular complexity index is 389. The summed E-state index contributed by atoms with van der Waals surface area (Å²) >= 11 is 0. The summed E-state index contributed by atoms with van der Waals surface area (Å²) in [5.74, 6) is 0.607. The summed E-state index contributed by atoms with van der Waals surface area (Å²) in [7, 11) is 0. The molecule has 2 rings (SSSR count). The third-order valence-corrected chi connectivity index (χ3v) is 4.31. The van der Waals surface area contributed by atoms with Crippen LogP contribution >= 0.6 is 0 Å². The second-order valence-electron chi connectivity index (χ2n) is 5.89. The van der Waals surface area contributed by atoms with Crippen molar-refractivity contribution in [1.82, 2.24) is 4.90 Å². The molecule has 2 atom stereocenters. The van der Waals surface area contributed by atoms with Gasteiger partial charge in [0.2, 0.25) is 0 Å². The van der Waals surface area contributed by atoms with Crippen molar-refractivity contribution in [3.8, 4) is 0 Å². The minimum absolute atomic E-state index is 0.521. The van der Waals surface area contributed by atoms with Crippen LogP contribution in [0, 0.1) is 12.8 Å². The average molecular weight is 260 g/mol. The fourth-order valence-electron chi connectivity index (χ4n) is 3.44. The minimum Gasteiger partial charge on any atom is -0.330 e. The Kier molecular flexibility index (Phi) is 5.41. The van der Waals surface area contributed by atoms with Gasteiger partial charge < -0.3 is 5.73 Å². The Morgan fingerprint density at radius 2 is 2.16 bits per heavy atom. The van der Waals surface area contributed by atoms with Gasteiger partial charge in [-0.25, -0.2) is 0 Å². The summed E-state index contributed by atoms with van der Waals surface area (Å²) in [6.07, 6.45) is 5.14. The van der Waals surface area contributed by atoms with Crippen molar-refractivity contribution in [2.45, 2.75) is 45.6 Å². The fraction of sp³-hybridized carbons (Fsp3) is 0.647. The molecule has 1 aromatic carbocycles. The number of nitrogens with two attached hydrogens (primary N) is 1. The Labute approximate surface area is 118 Å². The zero-order valence-electron chi connectivity index (χ0n) is 12.4. The highest BCUT2D eigenvalue weighted by Gasteiger charge is 2.29. The molecule has 0 spiro atoms. The number of benzene rings is 1. The molecule has 1 fully saturated rings. The van der Waals surface area contributed by atoms with Gasteiger partial charge in [-0.05, 0) is 57.3 Å². The summed E-state index contributed by atoms with van der Waals surface area (Å²) in [5, 5.41) is 0. The summed E-state index contributed by atoms with van der Waals surface area (Å²) in [6.45, 7) is 7.67. The van der Waals surface area contributed by atoms with Crippen LogP contribution in [0.4, 0.5) is 0 Å². The Hall–Kier alpha value is -0.860. The number of rotatable bonds is 4. The van der Waals surface area contributed by atoms with E-state index in [9.17, 15) is 0 Å². The van der Waals surface area contributed by atoms with Gasteiger partial charge in [-0.2, -0.15) is 0 Å². The van der Waals surface area contributed by atoms with Gasteiger partial charge in [0.25, 0.3) is 0 Å². The van der Waals surface area contributed by atoms with Crippen molar-refractivity contribution in [2.24, 2.45) is 11.7 Å². The lowest BCUT2D eigenvalue weighted by molar-refractivity contribution is 0.158. The molecule has 1 aromatic rings. The molecule has 0 aliphatic carbocycles. The van der Waals surface area contributed by atoms with Crippen LogP contribution < -0.4 is 5.73 Å². The van der Waals surface area contributed by atoms with Gasteiger partial charge in [-0.1, -0.05) is 43.2 Å². The molecular weight excluding hydrogens is 232 g/mol. The van der Waals surface area contributed by atoms with Crippen LogP contribution in [0.3, 0.4) is 0 Å². The van der Waals surface area contributed by atoms with E-state index in [1.165, 1.54) is 49.9 Å². The summed E-state index contributed by atoms with van der Waals surface area (Å²) in [4.78, 5) is 2.67. The van der Waals surface area contributed by atoms with Crippen molar-refractivity contribution in [2.75, 3.05) is 19.6 Å². The van der Waals surface area contributed by atoms with E-state index in [-0.39, 0.29) is 0 Å². The van der Waals surface area contributed by atoms with Gasteiger partial charge in [0.1, 0.15) is 0 Å². The molecular formula is C17H28N2. The van der Waals surface area contributed by atoms with E-state index < -0.39 is 0 Å². The van der Waals surface area contributed by atoms with E-state index in [0.29, 0.717) is 12.0 Å². The number of aryl methyl sites for hydroxylation is 1. The molecule has 106 valence electrons. The van der Waals surface area contributed by atoms with Crippen LogP contribution in [0.25, 0.3) is 0 Å². The zero-order chi connectivity index (χ0) is 13.7. The maximum atomic E-state index is 6.07. The van der Waals surface area contributed by atoms with Gasteiger partial charge in [-0.3, -0.25) is 4.90 Å². The van der Waals surface area contributed by atoms with Crippen LogP contribution in [-0.2, 0) is 0 Å². The highest BCUT2D eigenvalue weighted by Crippen LogP contribution is 2.34. The number of likely N-dealkylation sites (tertiary alicyclic amines) is 1. The molecule has 2 nitrogen and oxygen atoms in total. The van der Waals surface area contributed by atoms with E-state index >= 15 is 0 Å². The third kappa shape index (κ3) is 3.58. The lowest BCUT2D eigenvalue weighted by Crippen LogP contribution is -2.36. The van der Waals surface area contributed by atoms with Gasteiger partial charge in [-0.15, -0.1) is 0 Å². The van der Waals surface area contributed by atoms with Crippen LogP contribution in [0.1, 0.15) is 49.8 Å². The number of nitrogens with zero attached hydrogens (tertiary/aromatic N) is 1. The first-order valence-electron chi connectivity index (χ1n) is 7.77. The second-order valence-corrected chi connectivity index (χ2v) is 5.89. The van der Waals surface area contributed by atoms with E-state index in [4.69, 9.17) is 5.73 Å². The summed E-state index contributed by atoms with van der Waals surface area (Å²) < 4.78 is 0. The summed E-state index contributed by atoms with van der Waals surface area (Å²) in [6, 6.07) is 9.53. The largest absolute Gasteiger partial charge is 0.330 e. The molecule has 0 radical (unpaired) electrons. The van der Waals surface area contributed by atoms with E-state index in [0.717, 1.165) is 6.54 Å². The van der Waals surface area contributed by atoms with Gasteiger partial charge >= 0.3 is 0 Å². The molecule has 0 bridgehead atoms. The van der Waals surface area contributed by atoms with Crippen molar-refractivity contribution >= 4 is 0 Å². The maximum absolute atomic E-state index is 6.07. The van der Waals surface area contributed by atoms with Crippen molar-refractivity contribution in [3.05, 3.63) is 35.4 Å². The van der Waals surface area contributed by atoms with Gasteiger partial charge in [0.05, 0.1) is 0 Å². The highest BCUT2D eigenvalue weighted by molar-refractivity contribution is 5.26. The Balaban J connectivity index is 2.31. The second kappa shape index (κ2) is 7.06. The highest BCUT2D eigenvalue weighted by atomic mass is 15.2. The lowest BCUT2D eigenvalue weighted by Gasteiger charge is -2.35. The Morgan fingerprint density at radius 1 is 1.32 bits per heavy atom. The van der Waals surface area contributed by atoms with Crippen molar-refractivity contribution in [1.29, 1.82) is 0 Å². The predicted molar refractivity (Wildman–Crippen MR) is 82.2 cm³/mol. The molecule has 1 aliphatic heterocycles. The standard InChI is InChI=1S/C17H28N2/c1-3-10-19-11-5-4-8-16(13-18)17(19)15-9-6-7-14(2)12-15/h6-7,9,12,16-17H,3-5,8,10-11,13,18H2,1-2H3. The van der Waals surface area contributed by atoms with Gasteiger partial charge in [0.15, 0.2) is 0 Å². The first-order valence-corrected chi connectivity index (χ1v) is 7.77. The molecule has 0 amide bonds. The van der Waals surface area contributed by atoms with E-state index in [1.54, 1.807) is 0 Å². The monoisotopic (exact) mass is 260 g/mol. The van der Waals surface area contributed by atoms with Crippen molar-refractivity contribution < 1.29 is 0 Å². The molecule has 1 saturated heterocycles. The molecule has 2 unspecified atom stereocenters. The average Bonchev–Trinajstić information content (AvgIpc) is 2.61. The molecule has 2 heteroatoms.